The number of ether oxygens (including phenoxy) is 2. The topological polar surface area (TPSA) is 74.4 Å². The van der Waals surface area contributed by atoms with E-state index >= 15 is 0 Å². The Kier molecular flexibility index (Phi) is 3.84. The Morgan fingerprint density at radius 2 is 1.95 bits per heavy atom. The number of primary amides is 1. The van der Waals surface area contributed by atoms with Crippen LogP contribution in [0, 0.1) is 5.82 Å². The summed E-state index contributed by atoms with van der Waals surface area (Å²) in [6, 6.07) is 7.16. The average molecular weight is 276 g/mol. The van der Waals surface area contributed by atoms with Crippen molar-refractivity contribution < 1.29 is 18.7 Å². The predicted molar refractivity (Wildman–Crippen MR) is 71.3 cm³/mol. The van der Waals surface area contributed by atoms with Gasteiger partial charge in [-0.2, -0.15) is 0 Å². The molecule has 0 unspecified atom stereocenters. The maximum atomic E-state index is 14.0. The maximum absolute atomic E-state index is 14.0. The summed E-state index contributed by atoms with van der Waals surface area (Å²) in [6.45, 7) is 0. The summed E-state index contributed by atoms with van der Waals surface area (Å²) in [5, 5.41) is 0. The monoisotopic (exact) mass is 276 g/mol. The second-order valence-corrected chi connectivity index (χ2v) is 3.96. The molecule has 0 bridgehead atoms. The summed E-state index contributed by atoms with van der Waals surface area (Å²) < 4.78 is 24.2. The number of pyridine rings is 1. The third-order valence-electron chi connectivity index (χ3n) is 2.76. The minimum Gasteiger partial charge on any atom is -0.497 e. The van der Waals surface area contributed by atoms with Gasteiger partial charge in [-0.1, -0.05) is 0 Å². The van der Waals surface area contributed by atoms with E-state index in [1.165, 1.54) is 44.6 Å². The number of carbonyl (C=O) groups is 1. The van der Waals surface area contributed by atoms with E-state index in [2.05, 4.69) is 4.98 Å². The van der Waals surface area contributed by atoms with Gasteiger partial charge >= 0.3 is 0 Å². The Bertz CT molecular complexity index is 659. The highest BCUT2D eigenvalue weighted by Crippen LogP contribution is 2.32. The molecule has 1 amide bonds. The number of hydrogen-bond donors (Lipinski definition) is 1. The molecule has 2 aromatic rings. The summed E-state index contributed by atoms with van der Waals surface area (Å²) in [7, 11) is 2.91. The van der Waals surface area contributed by atoms with Gasteiger partial charge in [-0.15, -0.1) is 0 Å². The Labute approximate surface area is 115 Å². The van der Waals surface area contributed by atoms with Gasteiger partial charge in [-0.3, -0.25) is 4.79 Å². The van der Waals surface area contributed by atoms with E-state index in [1.54, 1.807) is 0 Å². The second-order valence-electron chi connectivity index (χ2n) is 3.96. The van der Waals surface area contributed by atoms with Crippen molar-refractivity contribution in [3.05, 3.63) is 41.8 Å². The molecule has 0 atom stereocenters. The van der Waals surface area contributed by atoms with Crippen molar-refractivity contribution in [3.8, 4) is 22.8 Å². The maximum Gasteiger partial charge on any atom is 0.267 e. The van der Waals surface area contributed by atoms with Crippen LogP contribution in [-0.4, -0.2) is 25.1 Å². The van der Waals surface area contributed by atoms with Gasteiger partial charge in [0.1, 0.15) is 28.7 Å². The predicted octanol–water partition coefficient (Wildman–Crippen LogP) is 2.00. The molecule has 0 saturated heterocycles. The molecular formula is C14H13FN2O3. The lowest BCUT2D eigenvalue weighted by molar-refractivity contribution is 0.0995. The van der Waals surface area contributed by atoms with Gasteiger partial charge in [-0.25, -0.2) is 9.37 Å². The molecule has 0 aliphatic rings. The number of nitrogens with two attached hydrogens (primary N) is 1. The van der Waals surface area contributed by atoms with E-state index in [4.69, 9.17) is 15.2 Å². The standard InChI is InChI=1S/C14H13FN2O3/c1-19-8-3-4-10(15)9(7-8)13-12(20-2)6-5-11(17-13)14(16)18/h3-7H,1-2H3,(H2,16,18). The number of amides is 1. The van der Waals surface area contributed by atoms with E-state index in [-0.39, 0.29) is 17.0 Å². The molecule has 0 radical (unpaired) electrons. The van der Waals surface area contributed by atoms with Gasteiger partial charge in [0.25, 0.3) is 5.91 Å². The number of nitrogens with zero attached hydrogens (tertiary/aromatic N) is 1. The molecule has 2 N–H and O–H groups in total. The van der Waals surface area contributed by atoms with Crippen molar-refractivity contribution in [2.75, 3.05) is 14.2 Å². The minimum atomic E-state index is -0.697. The van der Waals surface area contributed by atoms with E-state index in [1.807, 2.05) is 0 Å². The molecule has 6 heteroatoms. The number of aromatic nitrogens is 1. The van der Waals surface area contributed by atoms with Crippen LogP contribution in [-0.2, 0) is 0 Å². The number of benzene rings is 1. The molecule has 1 aromatic carbocycles. The van der Waals surface area contributed by atoms with Crippen LogP contribution in [0.5, 0.6) is 11.5 Å². The molecule has 0 fully saturated rings. The SMILES string of the molecule is COc1ccc(F)c(-c2nc(C(N)=O)ccc2OC)c1. The zero-order chi connectivity index (χ0) is 14.7. The van der Waals surface area contributed by atoms with Crippen molar-refractivity contribution in [3.63, 3.8) is 0 Å². The Morgan fingerprint density at radius 3 is 2.55 bits per heavy atom. The first-order valence-electron chi connectivity index (χ1n) is 5.75. The van der Waals surface area contributed by atoms with Crippen molar-refractivity contribution >= 4 is 5.91 Å². The fraction of sp³-hybridized carbons (Fsp3) is 0.143. The number of halogens is 1. The molecule has 1 heterocycles. The molecule has 0 saturated carbocycles. The lowest BCUT2D eigenvalue weighted by Crippen LogP contribution is -2.13. The first-order valence-corrected chi connectivity index (χ1v) is 5.75. The molecule has 1 aromatic heterocycles. The lowest BCUT2D eigenvalue weighted by atomic mass is 10.1. The number of hydrogen-bond acceptors (Lipinski definition) is 4. The van der Waals surface area contributed by atoms with Crippen LogP contribution in [0.3, 0.4) is 0 Å². The van der Waals surface area contributed by atoms with Gasteiger partial charge in [0.2, 0.25) is 0 Å². The number of rotatable bonds is 4. The summed E-state index contributed by atoms with van der Waals surface area (Å²) in [5.41, 5.74) is 5.58. The van der Waals surface area contributed by atoms with Crippen LogP contribution in [0.1, 0.15) is 10.5 Å². The van der Waals surface area contributed by atoms with Crippen LogP contribution in [0.15, 0.2) is 30.3 Å². The summed E-state index contributed by atoms with van der Waals surface area (Å²) in [4.78, 5) is 15.2. The number of carbonyl (C=O) groups excluding carboxylic acids is 1. The van der Waals surface area contributed by atoms with Crippen LogP contribution < -0.4 is 15.2 Å². The van der Waals surface area contributed by atoms with Crippen LogP contribution in [0.2, 0.25) is 0 Å². The highest BCUT2D eigenvalue weighted by atomic mass is 19.1. The molecule has 5 nitrogen and oxygen atoms in total. The summed E-state index contributed by atoms with van der Waals surface area (Å²) >= 11 is 0. The zero-order valence-electron chi connectivity index (χ0n) is 11.0. The molecule has 0 spiro atoms. The minimum absolute atomic E-state index is 0.0306. The third-order valence-corrected chi connectivity index (χ3v) is 2.76. The van der Waals surface area contributed by atoms with E-state index in [0.29, 0.717) is 11.5 Å². The third kappa shape index (κ3) is 2.54. The van der Waals surface area contributed by atoms with E-state index in [9.17, 15) is 9.18 Å². The van der Waals surface area contributed by atoms with Gasteiger partial charge in [-0.05, 0) is 30.3 Å². The van der Waals surface area contributed by atoms with E-state index < -0.39 is 11.7 Å². The molecule has 104 valence electrons. The van der Waals surface area contributed by atoms with Gasteiger partial charge in [0.15, 0.2) is 0 Å². The fourth-order valence-corrected chi connectivity index (χ4v) is 1.75. The Hall–Kier alpha value is -2.63. The van der Waals surface area contributed by atoms with E-state index in [0.717, 1.165) is 0 Å². The quantitative estimate of drug-likeness (QED) is 0.926. The largest absolute Gasteiger partial charge is 0.497 e. The molecular weight excluding hydrogens is 263 g/mol. The molecule has 0 aliphatic carbocycles. The van der Waals surface area contributed by atoms with Crippen molar-refractivity contribution in [2.24, 2.45) is 5.73 Å². The van der Waals surface area contributed by atoms with Gasteiger partial charge in [0, 0.05) is 5.56 Å². The zero-order valence-corrected chi connectivity index (χ0v) is 11.0. The average Bonchev–Trinajstić information content (AvgIpc) is 2.47. The van der Waals surface area contributed by atoms with Crippen LogP contribution >= 0.6 is 0 Å². The summed E-state index contributed by atoms with van der Waals surface area (Å²) in [6.07, 6.45) is 0. The lowest BCUT2D eigenvalue weighted by Gasteiger charge is -2.11. The van der Waals surface area contributed by atoms with Crippen LogP contribution in [0.4, 0.5) is 4.39 Å². The first kappa shape index (κ1) is 13.8. The van der Waals surface area contributed by atoms with Crippen molar-refractivity contribution in [1.29, 1.82) is 0 Å². The Morgan fingerprint density at radius 1 is 1.20 bits per heavy atom. The highest BCUT2D eigenvalue weighted by Gasteiger charge is 2.16. The van der Waals surface area contributed by atoms with Crippen molar-refractivity contribution in [1.82, 2.24) is 4.98 Å². The fourth-order valence-electron chi connectivity index (χ4n) is 1.75. The first-order chi connectivity index (χ1) is 9.56. The van der Waals surface area contributed by atoms with Gasteiger partial charge in [0.05, 0.1) is 14.2 Å². The summed E-state index contributed by atoms with van der Waals surface area (Å²) in [5.74, 6) is -0.396. The Balaban J connectivity index is 2.66. The smallest absolute Gasteiger partial charge is 0.267 e. The molecule has 0 aliphatic heterocycles. The van der Waals surface area contributed by atoms with Gasteiger partial charge < -0.3 is 15.2 Å². The van der Waals surface area contributed by atoms with Crippen LogP contribution in [0.25, 0.3) is 11.3 Å². The second kappa shape index (κ2) is 5.56. The highest BCUT2D eigenvalue weighted by molar-refractivity contribution is 5.91. The normalized spacial score (nSPS) is 10.2. The van der Waals surface area contributed by atoms with Crippen molar-refractivity contribution in [2.45, 2.75) is 0 Å². The molecule has 2 rings (SSSR count). The number of methoxy groups -OCH3 is 2. The molecule has 20 heavy (non-hydrogen) atoms.